The Balaban J connectivity index is 1.55. The van der Waals surface area contributed by atoms with Gasteiger partial charge in [0.05, 0.1) is 18.2 Å². The Kier molecular flexibility index (Phi) is 4.71. The Morgan fingerprint density at radius 3 is 2.79 bits per heavy atom. The third kappa shape index (κ3) is 3.54. The van der Waals surface area contributed by atoms with Crippen molar-refractivity contribution in [2.75, 3.05) is 11.4 Å². The van der Waals surface area contributed by atoms with E-state index in [4.69, 9.17) is 10.5 Å². The zero-order chi connectivity index (χ0) is 20.5. The minimum Gasteiger partial charge on any atom is -0.443 e. The molecule has 0 aliphatic carbocycles. The molecule has 0 radical (unpaired) electrons. The number of hydrogen-bond acceptors (Lipinski definition) is 5. The first-order chi connectivity index (χ1) is 13.9. The van der Waals surface area contributed by atoms with E-state index >= 15 is 0 Å². The number of cyclic esters (lactones) is 1. The third-order valence-corrected chi connectivity index (χ3v) is 4.93. The first-order valence-corrected chi connectivity index (χ1v) is 8.96. The fraction of sp³-hybridized carbons (Fsp3) is 0.200. The van der Waals surface area contributed by atoms with E-state index in [-0.39, 0.29) is 6.54 Å². The number of pyridine rings is 1. The normalized spacial score (nSPS) is 17.2. The minimum atomic E-state index is -0.664. The number of carbonyl (C=O) groups excluding carboxylic acids is 2. The average Bonchev–Trinajstić information content (AvgIpc) is 3.37. The molecule has 1 aromatic carbocycles. The Hall–Kier alpha value is -3.75. The monoisotopic (exact) mass is 395 g/mol. The summed E-state index contributed by atoms with van der Waals surface area (Å²) in [5.41, 5.74) is 6.58. The van der Waals surface area contributed by atoms with Crippen LogP contribution < -0.4 is 10.6 Å². The zero-order valence-electron chi connectivity index (χ0n) is 15.5. The second-order valence-electron chi connectivity index (χ2n) is 6.76. The van der Waals surface area contributed by atoms with Gasteiger partial charge in [-0.2, -0.15) is 0 Å². The molecule has 2 amide bonds. The quantitative estimate of drug-likeness (QED) is 0.715. The van der Waals surface area contributed by atoms with E-state index in [1.54, 1.807) is 60.7 Å². The lowest BCUT2D eigenvalue weighted by Gasteiger charge is -2.16. The van der Waals surface area contributed by atoms with Gasteiger partial charge in [-0.1, -0.05) is 0 Å². The van der Waals surface area contributed by atoms with Crippen molar-refractivity contribution in [3.63, 3.8) is 0 Å². The van der Waals surface area contributed by atoms with Crippen molar-refractivity contribution in [3.8, 4) is 16.9 Å². The summed E-state index contributed by atoms with van der Waals surface area (Å²) >= 11 is 0. The van der Waals surface area contributed by atoms with Crippen molar-refractivity contribution in [2.45, 2.75) is 13.0 Å². The van der Waals surface area contributed by atoms with Gasteiger partial charge in [0.1, 0.15) is 24.1 Å². The third-order valence-electron chi connectivity index (χ3n) is 4.93. The number of benzene rings is 1. The molecule has 4 rings (SSSR count). The van der Waals surface area contributed by atoms with Gasteiger partial charge in [0.25, 0.3) is 0 Å². The highest BCUT2D eigenvalue weighted by Crippen LogP contribution is 2.30. The Morgan fingerprint density at radius 1 is 1.34 bits per heavy atom. The maximum atomic E-state index is 14.8. The summed E-state index contributed by atoms with van der Waals surface area (Å²) in [6, 6.07) is 7.99. The predicted octanol–water partition coefficient (Wildman–Crippen LogP) is 2.52. The number of anilines is 1. The molecule has 1 fully saturated rings. The second-order valence-corrected chi connectivity index (χ2v) is 6.76. The van der Waals surface area contributed by atoms with E-state index in [0.717, 1.165) is 0 Å². The number of rotatable bonds is 5. The lowest BCUT2D eigenvalue weighted by atomic mass is 10.0. The van der Waals surface area contributed by atoms with Crippen LogP contribution in [0.15, 0.2) is 55.2 Å². The van der Waals surface area contributed by atoms with E-state index < -0.39 is 29.8 Å². The Bertz CT molecular complexity index is 1050. The molecule has 8 nitrogen and oxygen atoms in total. The number of aromatic nitrogens is 3. The van der Waals surface area contributed by atoms with Crippen molar-refractivity contribution >= 4 is 17.7 Å². The van der Waals surface area contributed by atoms with Crippen LogP contribution in [-0.4, -0.2) is 39.2 Å². The van der Waals surface area contributed by atoms with Gasteiger partial charge in [-0.15, -0.1) is 0 Å². The van der Waals surface area contributed by atoms with Crippen LogP contribution in [0.5, 0.6) is 0 Å². The number of hydrogen-bond donors (Lipinski definition) is 1. The lowest BCUT2D eigenvalue weighted by molar-refractivity contribution is -0.123. The van der Waals surface area contributed by atoms with E-state index in [2.05, 4.69) is 9.97 Å². The molecule has 9 heteroatoms. The van der Waals surface area contributed by atoms with Gasteiger partial charge in [0, 0.05) is 29.7 Å². The fourth-order valence-corrected chi connectivity index (χ4v) is 3.14. The molecule has 2 N–H and O–H groups in total. The van der Waals surface area contributed by atoms with Crippen LogP contribution in [0.25, 0.3) is 16.9 Å². The summed E-state index contributed by atoms with van der Waals surface area (Å²) < 4.78 is 21.7. The molecule has 0 saturated carbocycles. The molecule has 1 saturated heterocycles. The highest BCUT2D eigenvalue weighted by Gasteiger charge is 2.37. The van der Waals surface area contributed by atoms with Gasteiger partial charge in [-0.3, -0.25) is 14.3 Å². The van der Waals surface area contributed by atoms with Crippen LogP contribution >= 0.6 is 0 Å². The number of halogens is 1. The van der Waals surface area contributed by atoms with Crippen LogP contribution in [0, 0.1) is 11.7 Å². The van der Waals surface area contributed by atoms with Crippen molar-refractivity contribution < 1.29 is 18.7 Å². The number of nitrogens with zero attached hydrogens (tertiary/aromatic N) is 4. The SMILES string of the molecule is CC(C(N)=O)[C@H]1CN(c2ccc(-c3ccc(-n4ccnc4)nc3)c(F)c2)C(=O)O1. The zero-order valence-corrected chi connectivity index (χ0v) is 15.5. The minimum absolute atomic E-state index is 0.128. The summed E-state index contributed by atoms with van der Waals surface area (Å²) in [5.74, 6) is -1.03. The van der Waals surface area contributed by atoms with Gasteiger partial charge >= 0.3 is 6.09 Å². The van der Waals surface area contributed by atoms with Gasteiger partial charge < -0.3 is 10.5 Å². The summed E-state index contributed by atoms with van der Waals surface area (Å²) in [5, 5.41) is 0. The molecule has 3 heterocycles. The van der Waals surface area contributed by atoms with Crippen LogP contribution in [0.2, 0.25) is 0 Å². The maximum absolute atomic E-state index is 14.8. The topological polar surface area (TPSA) is 103 Å². The molecule has 1 aliphatic heterocycles. The molecule has 1 unspecified atom stereocenters. The maximum Gasteiger partial charge on any atom is 0.414 e. The van der Waals surface area contributed by atoms with Gasteiger partial charge in [-0.05, 0) is 37.3 Å². The van der Waals surface area contributed by atoms with Crippen molar-refractivity contribution in [1.82, 2.24) is 14.5 Å². The highest BCUT2D eigenvalue weighted by molar-refractivity contribution is 5.91. The molecule has 2 atom stereocenters. The van der Waals surface area contributed by atoms with Gasteiger partial charge in [0.15, 0.2) is 0 Å². The van der Waals surface area contributed by atoms with E-state index in [1.807, 2.05) is 0 Å². The smallest absolute Gasteiger partial charge is 0.414 e. The molecular weight excluding hydrogens is 377 g/mol. The number of ether oxygens (including phenoxy) is 1. The van der Waals surface area contributed by atoms with Crippen LogP contribution in [0.4, 0.5) is 14.9 Å². The summed E-state index contributed by atoms with van der Waals surface area (Å²) in [6.07, 6.45) is 5.30. The van der Waals surface area contributed by atoms with E-state index in [0.29, 0.717) is 22.6 Å². The first kappa shape index (κ1) is 18.6. The molecule has 0 spiro atoms. The standard InChI is InChI=1S/C20H18FN5O3/c1-12(19(22)27)17-10-26(20(28)29-17)14-3-4-15(16(21)8-14)13-2-5-18(24-9-13)25-7-6-23-11-25/h2-9,11-12,17H,10H2,1H3,(H2,22,27)/t12?,17-/m1/s1. The molecular formula is C20H18FN5O3. The molecule has 2 aromatic heterocycles. The predicted molar refractivity (Wildman–Crippen MR) is 103 cm³/mol. The van der Waals surface area contributed by atoms with Gasteiger partial charge in [0.2, 0.25) is 5.91 Å². The van der Waals surface area contributed by atoms with Gasteiger partial charge in [-0.25, -0.2) is 19.2 Å². The van der Waals surface area contributed by atoms with Crippen molar-refractivity contribution in [2.24, 2.45) is 11.7 Å². The second kappa shape index (κ2) is 7.34. The Morgan fingerprint density at radius 2 is 2.17 bits per heavy atom. The first-order valence-electron chi connectivity index (χ1n) is 8.96. The summed E-state index contributed by atoms with van der Waals surface area (Å²) in [6.45, 7) is 1.72. The van der Waals surface area contributed by atoms with E-state index in [9.17, 15) is 14.0 Å². The van der Waals surface area contributed by atoms with Crippen molar-refractivity contribution in [1.29, 1.82) is 0 Å². The Labute approximate surface area is 165 Å². The van der Waals surface area contributed by atoms with Crippen LogP contribution in [0.1, 0.15) is 6.92 Å². The summed E-state index contributed by atoms with van der Waals surface area (Å²) in [4.78, 5) is 33.1. The van der Waals surface area contributed by atoms with Crippen LogP contribution in [0.3, 0.4) is 0 Å². The number of carbonyl (C=O) groups is 2. The summed E-state index contributed by atoms with van der Waals surface area (Å²) in [7, 11) is 0. The molecule has 148 valence electrons. The number of primary amides is 1. The number of imidazole rings is 1. The lowest BCUT2D eigenvalue weighted by Crippen LogP contribution is -2.34. The van der Waals surface area contributed by atoms with Crippen molar-refractivity contribution in [3.05, 3.63) is 61.1 Å². The average molecular weight is 395 g/mol. The molecule has 1 aliphatic rings. The fourth-order valence-electron chi connectivity index (χ4n) is 3.14. The molecule has 3 aromatic rings. The highest BCUT2D eigenvalue weighted by atomic mass is 19.1. The number of nitrogens with two attached hydrogens (primary N) is 1. The largest absolute Gasteiger partial charge is 0.443 e. The van der Waals surface area contributed by atoms with E-state index in [1.165, 1.54) is 11.0 Å². The molecule has 29 heavy (non-hydrogen) atoms. The molecule has 0 bridgehead atoms. The van der Waals surface area contributed by atoms with Crippen LogP contribution in [-0.2, 0) is 9.53 Å². The number of amides is 2.